The summed E-state index contributed by atoms with van der Waals surface area (Å²) in [6.07, 6.45) is 7.35. The maximum absolute atomic E-state index is 11.2. The molecule has 0 bridgehead atoms. The van der Waals surface area contributed by atoms with Crippen molar-refractivity contribution in [1.29, 1.82) is 0 Å². The van der Waals surface area contributed by atoms with Crippen LogP contribution in [-0.2, 0) is 9.53 Å². The lowest BCUT2D eigenvalue weighted by molar-refractivity contribution is -0.143. The van der Waals surface area contributed by atoms with Crippen LogP contribution in [0.15, 0.2) is 4.99 Å². The third-order valence-electron chi connectivity index (χ3n) is 4.06. The Labute approximate surface area is 168 Å². The number of thioether (sulfide) groups is 1. The Hall–Kier alpha value is -0.180. The summed E-state index contributed by atoms with van der Waals surface area (Å²) >= 11 is 2.06. The van der Waals surface area contributed by atoms with Crippen molar-refractivity contribution < 1.29 is 9.53 Å². The highest BCUT2D eigenvalue weighted by Gasteiger charge is 2.29. The Kier molecular flexibility index (Phi) is 13.9. The average Bonchev–Trinajstić information content (AvgIpc) is 2.96. The quantitative estimate of drug-likeness (QED) is 0.168. The van der Waals surface area contributed by atoms with Gasteiger partial charge in [-0.2, -0.15) is 11.8 Å². The predicted molar refractivity (Wildman–Crippen MR) is 115 cm³/mol. The van der Waals surface area contributed by atoms with Gasteiger partial charge < -0.3 is 15.4 Å². The van der Waals surface area contributed by atoms with E-state index in [2.05, 4.69) is 34.3 Å². The van der Waals surface area contributed by atoms with Crippen LogP contribution in [0.2, 0.25) is 0 Å². The number of carbonyl (C=O) groups is 1. The van der Waals surface area contributed by atoms with Crippen molar-refractivity contribution >= 4 is 47.7 Å². The molecule has 0 radical (unpaired) electrons. The molecule has 1 saturated heterocycles. The third kappa shape index (κ3) is 10.6. The van der Waals surface area contributed by atoms with Crippen molar-refractivity contribution in [2.75, 3.05) is 32.5 Å². The molecule has 1 aliphatic rings. The molecule has 0 saturated carbocycles. The first-order chi connectivity index (χ1) is 11.1. The second kappa shape index (κ2) is 14.0. The summed E-state index contributed by atoms with van der Waals surface area (Å²) in [6.45, 7) is 6.54. The van der Waals surface area contributed by atoms with Gasteiger partial charge in [-0.05, 0) is 45.3 Å². The van der Waals surface area contributed by atoms with E-state index in [4.69, 9.17) is 4.74 Å². The topological polar surface area (TPSA) is 62.7 Å². The van der Waals surface area contributed by atoms with Gasteiger partial charge in [0.2, 0.25) is 0 Å². The first-order valence-corrected chi connectivity index (χ1v) is 9.82. The first kappa shape index (κ1) is 23.8. The van der Waals surface area contributed by atoms with Gasteiger partial charge in [0.1, 0.15) is 0 Å². The SMILES string of the molecule is CCOC(=O)CCCCCCNC(=NC)NCC1(C)CCCS1.I. The van der Waals surface area contributed by atoms with E-state index in [0.29, 0.717) is 17.8 Å². The molecule has 0 aliphatic carbocycles. The van der Waals surface area contributed by atoms with Crippen molar-refractivity contribution in [2.45, 2.75) is 63.5 Å². The molecule has 1 rings (SSSR count). The van der Waals surface area contributed by atoms with Crippen LogP contribution in [0.4, 0.5) is 0 Å². The van der Waals surface area contributed by atoms with Crippen molar-refractivity contribution in [2.24, 2.45) is 4.99 Å². The summed E-state index contributed by atoms with van der Waals surface area (Å²) in [4.78, 5) is 15.5. The standard InChI is InChI=1S/C17H33N3O2S.HI/c1-4-22-15(21)10-7-5-6-8-12-19-16(18-3)20-14-17(2)11-9-13-23-17;/h4-14H2,1-3H3,(H2,18,19,20);1H. The molecule has 142 valence electrons. The van der Waals surface area contributed by atoms with Gasteiger partial charge in [-0.15, -0.1) is 24.0 Å². The highest BCUT2D eigenvalue weighted by Crippen LogP contribution is 2.36. The molecule has 7 heteroatoms. The molecule has 0 aromatic heterocycles. The Morgan fingerprint density at radius 1 is 1.25 bits per heavy atom. The molecule has 2 N–H and O–H groups in total. The normalized spacial score (nSPS) is 20.4. The second-order valence-corrected chi connectivity index (χ2v) is 7.91. The molecule has 1 fully saturated rings. The zero-order chi connectivity index (χ0) is 17.0. The number of nitrogens with zero attached hydrogens (tertiary/aromatic N) is 1. The van der Waals surface area contributed by atoms with Crippen LogP contribution in [0, 0.1) is 0 Å². The van der Waals surface area contributed by atoms with Gasteiger partial charge in [0, 0.05) is 31.3 Å². The molecule has 24 heavy (non-hydrogen) atoms. The minimum absolute atomic E-state index is 0. The number of aliphatic imine (C=N–C) groups is 1. The highest BCUT2D eigenvalue weighted by molar-refractivity contribution is 14.0. The molecular formula is C17H34IN3O2S. The predicted octanol–water partition coefficient (Wildman–Crippen LogP) is 3.57. The number of carbonyl (C=O) groups excluding carboxylic acids is 1. The van der Waals surface area contributed by atoms with Crippen molar-refractivity contribution in [3.05, 3.63) is 0 Å². The minimum Gasteiger partial charge on any atom is -0.466 e. The number of hydrogen-bond acceptors (Lipinski definition) is 4. The molecule has 5 nitrogen and oxygen atoms in total. The van der Waals surface area contributed by atoms with Gasteiger partial charge in [0.05, 0.1) is 6.61 Å². The van der Waals surface area contributed by atoms with Gasteiger partial charge in [0.25, 0.3) is 0 Å². The van der Waals surface area contributed by atoms with Gasteiger partial charge >= 0.3 is 5.97 Å². The Balaban J connectivity index is 0.00000529. The summed E-state index contributed by atoms with van der Waals surface area (Å²) in [6, 6.07) is 0. The van der Waals surface area contributed by atoms with E-state index in [1.807, 2.05) is 14.0 Å². The van der Waals surface area contributed by atoms with Crippen molar-refractivity contribution in [1.82, 2.24) is 10.6 Å². The zero-order valence-corrected chi connectivity index (χ0v) is 18.5. The third-order valence-corrected chi connectivity index (χ3v) is 5.60. The first-order valence-electron chi connectivity index (χ1n) is 8.84. The molecule has 0 aromatic rings. The van der Waals surface area contributed by atoms with E-state index in [9.17, 15) is 4.79 Å². The van der Waals surface area contributed by atoms with E-state index in [-0.39, 0.29) is 29.9 Å². The molecule has 1 atom stereocenters. The number of hydrogen-bond donors (Lipinski definition) is 2. The molecule has 1 heterocycles. The van der Waals surface area contributed by atoms with Gasteiger partial charge in [-0.25, -0.2) is 0 Å². The Bertz CT molecular complexity index is 375. The van der Waals surface area contributed by atoms with Crippen LogP contribution < -0.4 is 10.6 Å². The molecule has 1 unspecified atom stereocenters. The fourth-order valence-corrected chi connectivity index (χ4v) is 3.90. The van der Waals surface area contributed by atoms with Crippen molar-refractivity contribution in [3.8, 4) is 0 Å². The van der Waals surface area contributed by atoms with Crippen LogP contribution >= 0.6 is 35.7 Å². The number of rotatable bonds is 10. The summed E-state index contributed by atoms with van der Waals surface area (Å²) in [5.74, 6) is 2.09. The fourth-order valence-electron chi connectivity index (χ4n) is 2.66. The largest absolute Gasteiger partial charge is 0.466 e. The lowest BCUT2D eigenvalue weighted by atomic mass is 10.1. The summed E-state index contributed by atoms with van der Waals surface area (Å²) in [5.41, 5.74) is 0. The number of esters is 1. The lowest BCUT2D eigenvalue weighted by Crippen LogP contribution is -2.43. The Morgan fingerprint density at radius 3 is 2.62 bits per heavy atom. The number of halogens is 1. The summed E-state index contributed by atoms with van der Waals surface area (Å²) < 4.78 is 5.27. The smallest absolute Gasteiger partial charge is 0.305 e. The van der Waals surface area contributed by atoms with Gasteiger partial charge in [-0.1, -0.05) is 12.8 Å². The van der Waals surface area contributed by atoms with E-state index in [1.54, 1.807) is 0 Å². The van der Waals surface area contributed by atoms with E-state index in [0.717, 1.165) is 44.7 Å². The maximum Gasteiger partial charge on any atom is 0.305 e. The number of ether oxygens (including phenoxy) is 1. The molecule has 0 amide bonds. The molecule has 0 aromatic carbocycles. The van der Waals surface area contributed by atoms with Gasteiger partial charge in [0.15, 0.2) is 5.96 Å². The molecular weight excluding hydrogens is 437 g/mol. The average molecular weight is 471 g/mol. The number of nitrogens with one attached hydrogen (secondary N) is 2. The zero-order valence-electron chi connectivity index (χ0n) is 15.4. The second-order valence-electron chi connectivity index (χ2n) is 6.22. The Morgan fingerprint density at radius 2 is 2.00 bits per heavy atom. The molecule has 1 aliphatic heterocycles. The number of guanidine groups is 1. The van der Waals surface area contributed by atoms with Crippen LogP contribution in [0.25, 0.3) is 0 Å². The minimum atomic E-state index is -0.0755. The van der Waals surface area contributed by atoms with Crippen LogP contribution in [0.3, 0.4) is 0 Å². The van der Waals surface area contributed by atoms with Crippen LogP contribution in [0.5, 0.6) is 0 Å². The highest BCUT2D eigenvalue weighted by atomic mass is 127. The summed E-state index contributed by atoms with van der Waals surface area (Å²) in [7, 11) is 1.82. The van der Waals surface area contributed by atoms with Gasteiger partial charge in [-0.3, -0.25) is 9.79 Å². The summed E-state index contributed by atoms with van der Waals surface area (Å²) in [5, 5.41) is 6.81. The van der Waals surface area contributed by atoms with E-state index in [1.165, 1.54) is 18.6 Å². The number of unbranched alkanes of at least 4 members (excludes halogenated alkanes) is 3. The van der Waals surface area contributed by atoms with Crippen LogP contribution in [0.1, 0.15) is 58.8 Å². The van der Waals surface area contributed by atoms with E-state index < -0.39 is 0 Å². The van der Waals surface area contributed by atoms with E-state index >= 15 is 0 Å². The lowest BCUT2D eigenvalue weighted by Gasteiger charge is -2.24. The monoisotopic (exact) mass is 471 g/mol. The molecule has 0 spiro atoms. The van der Waals surface area contributed by atoms with Crippen molar-refractivity contribution in [3.63, 3.8) is 0 Å². The van der Waals surface area contributed by atoms with Crippen LogP contribution in [-0.4, -0.2) is 49.2 Å². The maximum atomic E-state index is 11.2. The fraction of sp³-hybridized carbons (Fsp3) is 0.882.